The maximum Gasteiger partial charge on any atom is 0.0471 e. The van der Waals surface area contributed by atoms with Gasteiger partial charge in [-0.3, -0.25) is 4.98 Å². The lowest BCUT2D eigenvalue weighted by Gasteiger charge is -2.07. The predicted octanol–water partition coefficient (Wildman–Crippen LogP) is 6.14. The number of pyridine rings is 1. The quantitative estimate of drug-likeness (QED) is 0.433. The molecule has 0 aliphatic carbocycles. The molecule has 2 N–H and O–H groups in total. The fourth-order valence-corrected chi connectivity index (χ4v) is 3.38. The van der Waals surface area contributed by atoms with Gasteiger partial charge in [0.25, 0.3) is 0 Å². The number of benzene rings is 2. The SMILES string of the molecule is Clc1ccc2c(CCCc3ccc(Nc4ccncc4)cc3)c[nH]c2c1. The molecule has 0 atom stereocenters. The normalized spacial score (nSPS) is 11.0. The molecule has 0 saturated carbocycles. The lowest BCUT2D eigenvalue weighted by atomic mass is 10.0. The van der Waals surface area contributed by atoms with Gasteiger partial charge in [-0.05, 0) is 66.8 Å². The van der Waals surface area contributed by atoms with E-state index in [-0.39, 0.29) is 0 Å². The number of hydrogen-bond donors (Lipinski definition) is 2. The third-order valence-electron chi connectivity index (χ3n) is 4.56. The molecule has 0 bridgehead atoms. The first-order chi connectivity index (χ1) is 12.8. The number of aromatic nitrogens is 2. The zero-order valence-electron chi connectivity index (χ0n) is 14.4. The summed E-state index contributed by atoms with van der Waals surface area (Å²) in [6, 6.07) is 18.6. The van der Waals surface area contributed by atoms with E-state index in [0.29, 0.717) is 0 Å². The number of fused-ring (bicyclic) bond motifs is 1. The van der Waals surface area contributed by atoms with E-state index < -0.39 is 0 Å². The smallest absolute Gasteiger partial charge is 0.0471 e. The van der Waals surface area contributed by atoms with Gasteiger partial charge >= 0.3 is 0 Å². The van der Waals surface area contributed by atoms with Gasteiger partial charge in [-0.15, -0.1) is 0 Å². The number of nitrogens with one attached hydrogen (secondary N) is 2. The van der Waals surface area contributed by atoms with Crippen LogP contribution in [0.2, 0.25) is 5.02 Å². The average molecular weight is 362 g/mol. The summed E-state index contributed by atoms with van der Waals surface area (Å²) in [4.78, 5) is 7.34. The minimum atomic E-state index is 0.770. The molecule has 2 aromatic heterocycles. The predicted molar refractivity (Wildman–Crippen MR) is 109 cm³/mol. The van der Waals surface area contributed by atoms with Crippen LogP contribution in [0.4, 0.5) is 11.4 Å². The standard InChI is InChI=1S/C22H20ClN3/c23-18-6-9-21-17(15-25-22(21)14-18)3-1-2-16-4-7-19(8-5-16)26-20-10-12-24-13-11-20/h4-15,25H,1-3H2,(H,24,26). The molecule has 4 rings (SSSR count). The van der Waals surface area contributed by atoms with Crippen LogP contribution < -0.4 is 5.32 Å². The van der Waals surface area contributed by atoms with E-state index in [0.717, 1.165) is 41.2 Å². The minimum absolute atomic E-state index is 0.770. The maximum absolute atomic E-state index is 6.05. The van der Waals surface area contributed by atoms with Crippen molar-refractivity contribution in [2.75, 3.05) is 5.32 Å². The summed E-state index contributed by atoms with van der Waals surface area (Å²) in [5.41, 5.74) is 5.96. The van der Waals surface area contributed by atoms with Crippen molar-refractivity contribution < 1.29 is 0 Å². The summed E-state index contributed by atoms with van der Waals surface area (Å²) in [6.45, 7) is 0. The Morgan fingerprint density at radius 2 is 1.65 bits per heavy atom. The third kappa shape index (κ3) is 3.89. The Morgan fingerprint density at radius 1 is 0.885 bits per heavy atom. The molecule has 2 aromatic carbocycles. The fraction of sp³-hybridized carbons (Fsp3) is 0.136. The van der Waals surface area contributed by atoms with Gasteiger partial charge in [0.1, 0.15) is 0 Å². The van der Waals surface area contributed by atoms with Crippen molar-refractivity contribution in [2.24, 2.45) is 0 Å². The van der Waals surface area contributed by atoms with Gasteiger partial charge in [-0.25, -0.2) is 0 Å². The van der Waals surface area contributed by atoms with Gasteiger partial charge in [0.2, 0.25) is 0 Å². The molecule has 0 amide bonds. The molecule has 26 heavy (non-hydrogen) atoms. The molecule has 0 fully saturated rings. The van der Waals surface area contributed by atoms with Crippen LogP contribution in [0.15, 0.2) is 73.2 Å². The molecule has 0 saturated heterocycles. The monoisotopic (exact) mass is 361 g/mol. The molecular formula is C22H20ClN3. The number of H-pyrrole nitrogens is 1. The van der Waals surface area contributed by atoms with E-state index in [4.69, 9.17) is 11.6 Å². The number of halogens is 1. The summed E-state index contributed by atoms with van der Waals surface area (Å²) in [5, 5.41) is 5.42. The fourth-order valence-electron chi connectivity index (χ4n) is 3.20. The van der Waals surface area contributed by atoms with Gasteiger partial charge in [0, 0.05) is 45.9 Å². The van der Waals surface area contributed by atoms with Crippen molar-refractivity contribution in [3.05, 3.63) is 89.3 Å². The van der Waals surface area contributed by atoms with Crippen LogP contribution in [0.5, 0.6) is 0 Å². The second kappa shape index (κ2) is 7.63. The molecule has 2 heterocycles. The molecule has 4 heteroatoms. The molecule has 0 unspecified atom stereocenters. The van der Waals surface area contributed by atoms with Gasteiger partial charge in [0.15, 0.2) is 0 Å². The summed E-state index contributed by atoms with van der Waals surface area (Å²) < 4.78 is 0. The number of nitrogens with zero attached hydrogens (tertiary/aromatic N) is 1. The number of hydrogen-bond acceptors (Lipinski definition) is 2. The lowest BCUT2D eigenvalue weighted by Crippen LogP contribution is -1.92. The zero-order chi connectivity index (χ0) is 17.8. The van der Waals surface area contributed by atoms with E-state index in [2.05, 4.69) is 51.8 Å². The molecular weight excluding hydrogens is 342 g/mol. The van der Waals surface area contributed by atoms with Crippen LogP contribution in [0, 0.1) is 0 Å². The topological polar surface area (TPSA) is 40.7 Å². The van der Waals surface area contributed by atoms with Gasteiger partial charge < -0.3 is 10.3 Å². The van der Waals surface area contributed by atoms with Crippen LogP contribution in [-0.2, 0) is 12.8 Å². The first kappa shape index (κ1) is 16.7. The van der Waals surface area contributed by atoms with Crippen molar-refractivity contribution in [1.82, 2.24) is 9.97 Å². The summed E-state index contributed by atoms with van der Waals surface area (Å²) in [7, 11) is 0. The van der Waals surface area contributed by atoms with Crippen molar-refractivity contribution in [3.8, 4) is 0 Å². The van der Waals surface area contributed by atoms with E-state index in [1.54, 1.807) is 12.4 Å². The summed E-state index contributed by atoms with van der Waals surface area (Å²) in [6.07, 6.45) is 8.91. The Morgan fingerprint density at radius 3 is 2.46 bits per heavy atom. The first-order valence-corrected chi connectivity index (χ1v) is 9.17. The third-order valence-corrected chi connectivity index (χ3v) is 4.80. The second-order valence-corrected chi connectivity index (χ2v) is 6.85. The first-order valence-electron chi connectivity index (χ1n) is 8.79. The van der Waals surface area contributed by atoms with E-state index in [1.165, 1.54) is 16.5 Å². The van der Waals surface area contributed by atoms with Gasteiger partial charge in [-0.1, -0.05) is 29.8 Å². The molecule has 4 aromatic rings. The van der Waals surface area contributed by atoms with Crippen LogP contribution in [-0.4, -0.2) is 9.97 Å². The Bertz CT molecular complexity index is 991. The second-order valence-electron chi connectivity index (χ2n) is 6.42. The number of aromatic amines is 1. The summed E-state index contributed by atoms with van der Waals surface area (Å²) >= 11 is 6.05. The highest BCUT2D eigenvalue weighted by Crippen LogP contribution is 2.23. The van der Waals surface area contributed by atoms with Crippen LogP contribution in [0.1, 0.15) is 17.5 Å². The van der Waals surface area contributed by atoms with E-state index in [9.17, 15) is 0 Å². The zero-order valence-corrected chi connectivity index (χ0v) is 15.1. The Balaban J connectivity index is 1.34. The molecule has 0 aliphatic rings. The molecule has 130 valence electrons. The van der Waals surface area contributed by atoms with Crippen LogP contribution in [0.3, 0.4) is 0 Å². The maximum atomic E-state index is 6.05. The number of anilines is 2. The average Bonchev–Trinajstić information content (AvgIpc) is 3.06. The molecule has 0 aliphatic heterocycles. The van der Waals surface area contributed by atoms with Gasteiger partial charge in [-0.2, -0.15) is 0 Å². The van der Waals surface area contributed by atoms with Crippen LogP contribution in [0.25, 0.3) is 10.9 Å². The van der Waals surface area contributed by atoms with E-state index in [1.807, 2.05) is 24.3 Å². The minimum Gasteiger partial charge on any atom is -0.361 e. The van der Waals surface area contributed by atoms with Crippen molar-refractivity contribution in [1.29, 1.82) is 0 Å². The van der Waals surface area contributed by atoms with Crippen molar-refractivity contribution in [2.45, 2.75) is 19.3 Å². The molecule has 0 radical (unpaired) electrons. The molecule has 0 spiro atoms. The Kier molecular flexibility index (Phi) is 4.89. The van der Waals surface area contributed by atoms with Crippen LogP contribution >= 0.6 is 11.6 Å². The van der Waals surface area contributed by atoms with E-state index >= 15 is 0 Å². The number of rotatable bonds is 6. The Labute approximate surface area is 158 Å². The lowest BCUT2D eigenvalue weighted by molar-refractivity contribution is 0.825. The highest BCUT2D eigenvalue weighted by atomic mass is 35.5. The highest BCUT2D eigenvalue weighted by Gasteiger charge is 2.04. The highest BCUT2D eigenvalue weighted by molar-refractivity contribution is 6.31. The summed E-state index contributed by atoms with van der Waals surface area (Å²) in [5.74, 6) is 0. The van der Waals surface area contributed by atoms with Gasteiger partial charge in [0.05, 0.1) is 0 Å². The molecule has 3 nitrogen and oxygen atoms in total. The van der Waals surface area contributed by atoms with Crippen molar-refractivity contribution in [3.63, 3.8) is 0 Å². The van der Waals surface area contributed by atoms with Crippen molar-refractivity contribution >= 4 is 33.9 Å². The Hall–Kier alpha value is -2.78. The largest absolute Gasteiger partial charge is 0.361 e. The number of aryl methyl sites for hydroxylation is 2.